The van der Waals surface area contributed by atoms with Gasteiger partial charge in [-0.15, -0.1) is 0 Å². The van der Waals surface area contributed by atoms with Crippen LogP contribution in [0.2, 0.25) is 0 Å². The average Bonchev–Trinajstić information content (AvgIpc) is 2.38. The molecule has 0 aliphatic rings. The van der Waals surface area contributed by atoms with Crippen LogP contribution in [-0.4, -0.2) is 10.9 Å². The van der Waals surface area contributed by atoms with E-state index in [1.807, 2.05) is 43.3 Å². The maximum absolute atomic E-state index is 12.3. The molecule has 1 N–H and O–H groups in total. The molecule has 3 heteroatoms. The number of hydrogen-bond donors (Lipinski definition) is 1. The van der Waals surface area contributed by atoms with Gasteiger partial charge >= 0.3 is 0 Å². The number of hydrogen-bond acceptors (Lipinski definition) is 2. The number of nitrogens with zero attached hydrogens (tertiary/aromatic N) is 1. The Morgan fingerprint density at radius 3 is 2.40 bits per heavy atom. The van der Waals surface area contributed by atoms with E-state index in [2.05, 4.69) is 31.1 Å². The van der Waals surface area contributed by atoms with Gasteiger partial charge in [0, 0.05) is 11.4 Å². The molecule has 1 heterocycles. The average molecular weight is 268 g/mol. The number of carbonyl (C=O) groups excluding carboxylic acids is 1. The van der Waals surface area contributed by atoms with Crippen molar-refractivity contribution in [2.45, 2.75) is 33.1 Å². The molecule has 0 saturated carbocycles. The maximum atomic E-state index is 12.3. The zero-order chi connectivity index (χ0) is 14.8. The van der Waals surface area contributed by atoms with Gasteiger partial charge in [-0.2, -0.15) is 0 Å². The maximum Gasteiger partial charge on any atom is 0.274 e. The molecule has 0 unspecified atom stereocenters. The van der Waals surface area contributed by atoms with E-state index in [-0.39, 0.29) is 11.3 Å². The predicted octanol–water partition coefficient (Wildman–Crippen LogP) is 3.94. The van der Waals surface area contributed by atoms with Crippen molar-refractivity contribution in [2.24, 2.45) is 0 Å². The molecule has 20 heavy (non-hydrogen) atoms. The van der Waals surface area contributed by atoms with E-state index in [1.54, 1.807) is 6.07 Å². The summed E-state index contributed by atoms with van der Waals surface area (Å²) in [4.78, 5) is 16.5. The molecule has 0 saturated heterocycles. The SMILES string of the molecule is Cc1cccc(C(=O)Nc2ccccc2C(C)(C)C)n1. The second-order valence-corrected chi connectivity index (χ2v) is 5.91. The van der Waals surface area contributed by atoms with Gasteiger partial charge in [0.2, 0.25) is 0 Å². The third kappa shape index (κ3) is 3.23. The highest BCUT2D eigenvalue weighted by atomic mass is 16.1. The van der Waals surface area contributed by atoms with Crippen molar-refractivity contribution in [3.63, 3.8) is 0 Å². The second kappa shape index (κ2) is 5.45. The number of aromatic nitrogens is 1. The summed E-state index contributed by atoms with van der Waals surface area (Å²) in [5.74, 6) is -0.176. The third-order valence-corrected chi connectivity index (χ3v) is 3.10. The molecule has 0 spiro atoms. The zero-order valence-electron chi connectivity index (χ0n) is 12.4. The second-order valence-electron chi connectivity index (χ2n) is 5.91. The van der Waals surface area contributed by atoms with Crippen molar-refractivity contribution in [1.29, 1.82) is 0 Å². The van der Waals surface area contributed by atoms with E-state index < -0.39 is 0 Å². The molecule has 0 aliphatic heterocycles. The zero-order valence-corrected chi connectivity index (χ0v) is 12.4. The summed E-state index contributed by atoms with van der Waals surface area (Å²) < 4.78 is 0. The summed E-state index contributed by atoms with van der Waals surface area (Å²) in [7, 11) is 0. The fraction of sp³-hybridized carbons (Fsp3) is 0.294. The first kappa shape index (κ1) is 14.3. The van der Waals surface area contributed by atoms with Gasteiger partial charge in [0.1, 0.15) is 5.69 Å². The predicted molar refractivity (Wildman–Crippen MR) is 82.1 cm³/mol. The minimum Gasteiger partial charge on any atom is -0.320 e. The highest BCUT2D eigenvalue weighted by Gasteiger charge is 2.19. The summed E-state index contributed by atoms with van der Waals surface area (Å²) >= 11 is 0. The normalized spacial score (nSPS) is 11.2. The largest absolute Gasteiger partial charge is 0.320 e. The molecule has 0 atom stereocenters. The standard InChI is InChI=1S/C17H20N2O/c1-12-8-7-11-15(18-12)16(20)19-14-10-6-5-9-13(14)17(2,3)4/h5-11H,1-4H3,(H,19,20). The van der Waals surface area contributed by atoms with Gasteiger partial charge in [0.15, 0.2) is 0 Å². The van der Waals surface area contributed by atoms with Gasteiger partial charge in [-0.05, 0) is 36.1 Å². The Bertz CT molecular complexity index is 627. The van der Waals surface area contributed by atoms with E-state index in [9.17, 15) is 4.79 Å². The lowest BCUT2D eigenvalue weighted by Gasteiger charge is -2.22. The lowest BCUT2D eigenvalue weighted by molar-refractivity contribution is 0.102. The quantitative estimate of drug-likeness (QED) is 0.896. The van der Waals surface area contributed by atoms with Gasteiger partial charge in [-0.1, -0.05) is 45.0 Å². The molecule has 1 aromatic heterocycles. The van der Waals surface area contributed by atoms with Gasteiger partial charge in [-0.3, -0.25) is 4.79 Å². The molecule has 2 aromatic rings. The first-order valence-corrected chi connectivity index (χ1v) is 6.72. The number of nitrogens with one attached hydrogen (secondary N) is 1. The number of anilines is 1. The van der Waals surface area contributed by atoms with E-state index in [1.165, 1.54) is 0 Å². The molecule has 2 rings (SSSR count). The molecular weight excluding hydrogens is 248 g/mol. The fourth-order valence-corrected chi connectivity index (χ4v) is 2.10. The van der Waals surface area contributed by atoms with Crippen LogP contribution >= 0.6 is 0 Å². The summed E-state index contributed by atoms with van der Waals surface area (Å²) in [6.45, 7) is 8.26. The van der Waals surface area contributed by atoms with Crippen LogP contribution in [0.5, 0.6) is 0 Å². The molecule has 1 amide bonds. The number of carbonyl (C=O) groups is 1. The Kier molecular flexibility index (Phi) is 3.89. The monoisotopic (exact) mass is 268 g/mol. The number of rotatable bonds is 2. The molecule has 0 bridgehead atoms. The smallest absolute Gasteiger partial charge is 0.274 e. The third-order valence-electron chi connectivity index (χ3n) is 3.10. The van der Waals surface area contributed by atoms with Crippen LogP contribution in [0.3, 0.4) is 0 Å². The fourth-order valence-electron chi connectivity index (χ4n) is 2.10. The van der Waals surface area contributed by atoms with Crippen LogP contribution in [0.1, 0.15) is 42.5 Å². The Morgan fingerprint density at radius 1 is 1.05 bits per heavy atom. The number of amides is 1. The van der Waals surface area contributed by atoms with Crippen molar-refractivity contribution in [2.75, 3.05) is 5.32 Å². The lowest BCUT2D eigenvalue weighted by Crippen LogP contribution is -2.19. The van der Waals surface area contributed by atoms with E-state index in [4.69, 9.17) is 0 Å². The number of aryl methyl sites for hydroxylation is 1. The topological polar surface area (TPSA) is 42.0 Å². The first-order chi connectivity index (χ1) is 9.38. The van der Waals surface area contributed by atoms with Crippen molar-refractivity contribution < 1.29 is 4.79 Å². The van der Waals surface area contributed by atoms with Gasteiger partial charge in [-0.25, -0.2) is 4.98 Å². The summed E-state index contributed by atoms with van der Waals surface area (Å²) in [6.07, 6.45) is 0. The van der Waals surface area contributed by atoms with Crippen LogP contribution in [0, 0.1) is 6.92 Å². The Labute approximate surface area is 120 Å². The molecule has 0 radical (unpaired) electrons. The molecule has 104 valence electrons. The van der Waals surface area contributed by atoms with Crippen molar-refractivity contribution in [1.82, 2.24) is 4.98 Å². The Hall–Kier alpha value is -2.16. The van der Waals surface area contributed by atoms with Crippen LogP contribution in [0.4, 0.5) is 5.69 Å². The highest BCUT2D eigenvalue weighted by Crippen LogP contribution is 2.29. The van der Waals surface area contributed by atoms with Crippen molar-refractivity contribution in [3.8, 4) is 0 Å². The first-order valence-electron chi connectivity index (χ1n) is 6.72. The molecule has 0 aliphatic carbocycles. The minimum atomic E-state index is -0.176. The van der Waals surface area contributed by atoms with Crippen LogP contribution in [0.25, 0.3) is 0 Å². The summed E-state index contributed by atoms with van der Waals surface area (Å²) in [6, 6.07) is 13.3. The minimum absolute atomic E-state index is 0.0239. The van der Waals surface area contributed by atoms with Crippen LogP contribution in [0.15, 0.2) is 42.5 Å². The van der Waals surface area contributed by atoms with Crippen LogP contribution < -0.4 is 5.32 Å². The Balaban J connectivity index is 2.29. The number of benzene rings is 1. The molecule has 0 fully saturated rings. The molecular formula is C17H20N2O. The van der Waals surface area contributed by atoms with E-state index in [0.717, 1.165) is 16.9 Å². The summed E-state index contributed by atoms with van der Waals surface area (Å²) in [5.41, 5.74) is 3.20. The van der Waals surface area contributed by atoms with E-state index >= 15 is 0 Å². The lowest BCUT2D eigenvalue weighted by atomic mass is 9.86. The van der Waals surface area contributed by atoms with Crippen molar-refractivity contribution >= 4 is 11.6 Å². The van der Waals surface area contributed by atoms with Crippen LogP contribution in [-0.2, 0) is 5.41 Å². The van der Waals surface area contributed by atoms with E-state index in [0.29, 0.717) is 5.69 Å². The Morgan fingerprint density at radius 2 is 1.75 bits per heavy atom. The van der Waals surface area contributed by atoms with Gasteiger partial charge in [0.25, 0.3) is 5.91 Å². The van der Waals surface area contributed by atoms with Gasteiger partial charge < -0.3 is 5.32 Å². The highest BCUT2D eigenvalue weighted by molar-refractivity contribution is 6.03. The summed E-state index contributed by atoms with van der Waals surface area (Å²) in [5, 5.41) is 2.96. The van der Waals surface area contributed by atoms with Gasteiger partial charge in [0.05, 0.1) is 0 Å². The van der Waals surface area contributed by atoms with Crippen molar-refractivity contribution in [3.05, 3.63) is 59.4 Å². The number of para-hydroxylation sites is 1. The molecule has 1 aromatic carbocycles. The number of pyridine rings is 1. The molecule has 3 nitrogen and oxygen atoms in total.